The zero-order chi connectivity index (χ0) is 14.1. The Bertz CT molecular complexity index is 497. The Morgan fingerprint density at radius 1 is 1.45 bits per heavy atom. The second-order valence-electron chi connectivity index (χ2n) is 5.79. The fourth-order valence-corrected chi connectivity index (χ4v) is 3.26. The maximum Gasteiger partial charge on any atom is 0.238 e. The van der Waals surface area contributed by atoms with Crippen molar-refractivity contribution in [1.29, 1.82) is 0 Å². The number of amides is 1. The average Bonchev–Trinajstić information content (AvgIpc) is 3.07. The summed E-state index contributed by atoms with van der Waals surface area (Å²) in [7, 11) is 0. The van der Waals surface area contributed by atoms with Crippen molar-refractivity contribution in [3.8, 4) is 0 Å². The molecule has 3 unspecified atom stereocenters. The first kappa shape index (κ1) is 13.6. The second kappa shape index (κ2) is 5.54. The third kappa shape index (κ3) is 2.45. The van der Waals surface area contributed by atoms with Crippen LogP contribution >= 0.6 is 0 Å². The summed E-state index contributed by atoms with van der Waals surface area (Å²) in [4.78, 5) is 14.2. The van der Waals surface area contributed by atoms with Gasteiger partial charge in [-0.25, -0.2) is 0 Å². The van der Waals surface area contributed by atoms with Gasteiger partial charge in [0.1, 0.15) is 6.17 Å². The number of carbonyl (C=O) groups is 1. The van der Waals surface area contributed by atoms with E-state index in [-0.39, 0.29) is 24.2 Å². The summed E-state index contributed by atoms with van der Waals surface area (Å²) in [5.74, 6) is 0.166. The smallest absolute Gasteiger partial charge is 0.238 e. The highest BCUT2D eigenvalue weighted by atomic mass is 16.5. The monoisotopic (exact) mass is 274 g/mol. The average molecular weight is 274 g/mol. The van der Waals surface area contributed by atoms with Gasteiger partial charge >= 0.3 is 0 Å². The van der Waals surface area contributed by atoms with Crippen molar-refractivity contribution in [2.45, 2.75) is 45.0 Å². The molecule has 0 radical (unpaired) electrons. The van der Waals surface area contributed by atoms with Crippen LogP contribution in [0.25, 0.3) is 0 Å². The highest BCUT2D eigenvalue weighted by molar-refractivity contribution is 5.81. The van der Waals surface area contributed by atoms with Gasteiger partial charge in [-0.3, -0.25) is 10.1 Å². The van der Waals surface area contributed by atoms with Gasteiger partial charge < -0.3 is 9.64 Å². The molecule has 0 aliphatic carbocycles. The largest absolute Gasteiger partial charge is 0.376 e. The molecule has 2 heterocycles. The van der Waals surface area contributed by atoms with Gasteiger partial charge in [-0.05, 0) is 32.3 Å². The Kier molecular flexibility index (Phi) is 3.76. The highest BCUT2D eigenvalue weighted by Gasteiger charge is 2.39. The first-order valence-electron chi connectivity index (χ1n) is 7.39. The van der Waals surface area contributed by atoms with Gasteiger partial charge in [0.05, 0.1) is 18.7 Å². The van der Waals surface area contributed by atoms with E-state index in [0.29, 0.717) is 6.54 Å². The molecule has 2 fully saturated rings. The van der Waals surface area contributed by atoms with Gasteiger partial charge in [-0.2, -0.15) is 0 Å². The van der Waals surface area contributed by atoms with Gasteiger partial charge in [0.15, 0.2) is 0 Å². The summed E-state index contributed by atoms with van der Waals surface area (Å²) in [6.45, 7) is 5.41. The van der Waals surface area contributed by atoms with Crippen LogP contribution in [0.5, 0.6) is 0 Å². The third-order valence-corrected chi connectivity index (χ3v) is 4.31. The zero-order valence-corrected chi connectivity index (χ0v) is 12.1. The predicted molar refractivity (Wildman–Crippen MR) is 77.2 cm³/mol. The van der Waals surface area contributed by atoms with Crippen molar-refractivity contribution >= 4 is 5.91 Å². The van der Waals surface area contributed by atoms with Crippen LogP contribution in [0, 0.1) is 6.92 Å². The van der Waals surface area contributed by atoms with Crippen LogP contribution in [0.1, 0.15) is 37.1 Å². The lowest BCUT2D eigenvalue weighted by Crippen LogP contribution is -2.44. The van der Waals surface area contributed by atoms with Gasteiger partial charge in [0, 0.05) is 6.61 Å². The van der Waals surface area contributed by atoms with Crippen LogP contribution < -0.4 is 5.32 Å². The summed E-state index contributed by atoms with van der Waals surface area (Å²) < 4.78 is 5.76. The maximum atomic E-state index is 12.2. The van der Waals surface area contributed by atoms with E-state index in [4.69, 9.17) is 4.74 Å². The Hall–Kier alpha value is -1.39. The van der Waals surface area contributed by atoms with Crippen molar-refractivity contribution in [2.75, 3.05) is 13.2 Å². The molecule has 2 saturated heterocycles. The molecule has 20 heavy (non-hydrogen) atoms. The number of hydrogen-bond donors (Lipinski definition) is 1. The summed E-state index contributed by atoms with van der Waals surface area (Å²) >= 11 is 0. The van der Waals surface area contributed by atoms with Crippen molar-refractivity contribution in [2.24, 2.45) is 0 Å². The van der Waals surface area contributed by atoms with E-state index in [9.17, 15) is 4.79 Å². The molecule has 4 nitrogen and oxygen atoms in total. The van der Waals surface area contributed by atoms with E-state index in [2.05, 4.69) is 37.4 Å². The summed E-state index contributed by atoms with van der Waals surface area (Å²) in [6, 6.07) is 8.47. The number of nitrogens with one attached hydrogen (secondary N) is 1. The Balaban J connectivity index is 1.84. The molecular formula is C16H22N2O2. The lowest BCUT2D eigenvalue weighted by Gasteiger charge is -2.33. The zero-order valence-electron chi connectivity index (χ0n) is 12.1. The fraction of sp³-hybridized carbons (Fsp3) is 0.562. The predicted octanol–water partition coefficient (Wildman–Crippen LogP) is 1.99. The van der Waals surface area contributed by atoms with Gasteiger partial charge in [-0.15, -0.1) is 0 Å². The van der Waals surface area contributed by atoms with Crippen LogP contribution in [-0.4, -0.2) is 36.1 Å². The van der Waals surface area contributed by atoms with Crippen molar-refractivity contribution in [3.63, 3.8) is 0 Å². The first-order chi connectivity index (χ1) is 9.66. The minimum absolute atomic E-state index is 0.0263. The number of carbonyl (C=O) groups excluding carboxylic acids is 1. The molecule has 1 N–H and O–H groups in total. The molecule has 0 spiro atoms. The Morgan fingerprint density at radius 3 is 3.00 bits per heavy atom. The number of benzene rings is 1. The molecule has 1 aromatic carbocycles. The van der Waals surface area contributed by atoms with Crippen LogP contribution in [0.4, 0.5) is 0 Å². The van der Waals surface area contributed by atoms with Crippen LogP contribution in [0.2, 0.25) is 0 Å². The molecule has 1 amide bonds. The fourth-order valence-electron chi connectivity index (χ4n) is 3.26. The molecule has 4 heteroatoms. The second-order valence-corrected chi connectivity index (χ2v) is 5.79. The van der Waals surface area contributed by atoms with E-state index >= 15 is 0 Å². The van der Waals surface area contributed by atoms with Crippen molar-refractivity contribution in [3.05, 3.63) is 35.4 Å². The highest BCUT2D eigenvalue weighted by Crippen LogP contribution is 2.29. The Morgan fingerprint density at radius 2 is 2.30 bits per heavy atom. The molecule has 0 bridgehead atoms. The lowest BCUT2D eigenvalue weighted by molar-refractivity contribution is -0.132. The minimum Gasteiger partial charge on any atom is -0.376 e. The summed E-state index contributed by atoms with van der Waals surface area (Å²) in [5.41, 5.74) is 2.37. The number of aryl methyl sites for hydroxylation is 1. The van der Waals surface area contributed by atoms with E-state index in [1.165, 1.54) is 5.56 Å². The van der Waals surface area contributed by atoms with Crippen LogP contribution in [0.15, 0.2) is 24.3 Å². The van der Waals surface area contributed by atoms with E-state index in [1.807, 2.05) is 11.0 Å². The molecule has 0 aromatic heterocycles. The third-order valence-electron chi connectivity index (χ3n) is 4.31. The summed E-state index contributed by atoms with van der Waals surface area (Å²) in [6.07, 6.45) is 2.29. The molecule has 3 rings (SSSR count). The van der Waals surface area contributed by atoms with Crippen LogP contribution in [0.3, 0.4) is 0 Å². The first-order valence-corrected chi connectivity index (χ1v) is 7.39. The minimum atomic E-state index is -0.0263. The molecule has 108 valence electrons. The van der Waals surface area contributed by atoms with Gasteiger partial charge in [-0.1, -0.05) is 29.8 Å². The maximum absolute atomic E-state index is 12.2. The quantitative estimate of drug-likeness (QED) is 0.916. The van der Waals surface area contributed by atoms with Crippen LogP contribution in [-0.2, 0) is 9.53 Å². The van der Waals surface area contributed by atoms with Crippen molar-refractivity contribution < 1.29 is 9.53 Å². The summed E-state index contributed by atoms with van der Waals surface area (Å²) in [5, 5.41) is 3.33. The normalized spacial score (nSPS) is 28.1. The molecule has 3 atom stereocenters. The SMILES string of the molecule is Cc1cccc(C2NCC(=O)N2C(C)C2CCCO2)c1. The van der Waals surface area contributed by atoms with E-state index in [0.717, 1.165) is 25.0 Å². The van der Waals surface area contributed by atoms with Gasteiger partial charge in [0.25, 0.3) is 0 Å². The van der Waals surface area contributed by atoms with E-state index in [1.54, 1.807) is 0 Å². The number of hydrogen-bond acceptors (Lipinski definition) is 3. The lowest BCUT2D eigenvalue weighted by atomic mass is 10.0. The molecule has 1 aromatic rings. The number of ether oxygens (including phenoxy) is 1. The number of nitrogens with zero attached hydrogens (tertiary/aromatic N) is 1. The standard InChI is InChI=1S/C16H22N2O2/c1-11-5-3-6-13(9-11)16-17-10-15(19)18(16)12(2)14-7-4-8-20-14/h3,5-6,9,12,14,16-17H,4,7-8,10H2,1-2H3. The molecule has 2 aliphatic heterocycles. The molecule has 0 saturated carbocycles. The topological polar surface area (TPSA) is 41.6 Å². The molecular weight excluding hydrogens is 252 g/mol. The Labute approximate surface area is 120 Å². The van der Waals surface area contributed by atoms with Crippen molar-refractivity contribution in [1.82, 2.24) is 10.2 Å². The van der Waals surface area contributed by atoms with E-state index < -0.39 is 0 Å². The number of rotatable bonds is 3. The van der Waals surface area contributed by atoms with Gasteiger partial charge in [0.2, 0.25) is 5.91 Å². The molecule has 2 aliphatic rings.